The average Bonchev–Trinajstić information content (AvgIpc) is 3.01. The first-order chi connectivity index (χ1) is 11.5. The van der Waals surface area contributed by atoms with Crippen molar-refractivity contribution >= 4 is 29.6 Å². The molecule has 0 saturated heterocycles. The van der Waals surface area contributed by atoms with Crippen LogP contribution in [0.15, 0.2) is 11.6 Å². The normalized spacial score (nSPS) is 20.2. The van der Waals surface area contributed by atoms with Gasteiger partial charge in [-0.25, -0.2) is 9.97 Å². The molecule has 2 rings (SSSR count). The number of anilines is 1. The third-order valence-corrected chi connectivity index (χ3v) is 4.69. The molecule has 1 heterocycles. The topological polar surface area (TPSA) is 76.1 Å². The molecule has 0 radical (unpaired) electrons. The lowest BCUT2D eigenvalue weighted by Crippen LogP contribution is -2.32. The minimum atomic E-state index is -0.264. The first kappa shape index (κ1) is 18.7. The number of ether oxygens (including phenoxy) is 1. The second-order valence-electron chi connectivity index (χ2n) is 6.16. The van der Waals surface area contributed by atoms with Gasteiger partial charge in [0.15, 0.2) is 0 Å². The monoisotopic (exact) mass is 350 g/mol. The number of amides is 1. The van der Waals surface area contributed by atoms with Gasteiger partial charge in [0.25, 0.3) is 5.91 Å². The van der Waals surface area contributed by atoms with Crippen LogP contribution in [0.3, 0.4) is 0 Å². The second-order valence-corrected chi connectivity index (χ2v) is 6.96. The minimum Gasteiger partial charge on any atom is -0.381 e. The van der Waals surface area contributed by atoms with E-state index in [1.54, 1.807) is 13.2 Å². The van der Waals surface area contributed by atoms with Crippen molar-refractivity contribution in [1.82, 2.24) is 15.3 Å². The number of nitrogens with one attached hydrogen (secondary N) is 2. The van der Waals surface area contributed by atoms with E-state index in [0.717, 1.165) is 29.9 Å². The van der Waals surface area contributed by atoms with Crippen molar-refractivity contribution in [2.24, 2.45) is 0 Å². The highest BCUT2D eigenvalue weighted by Crippen LogP contribution is 2.29. The number of methoxy groups -OCH3 is 1. The standard InChI is InChI=1S/C17H26N4O2S/c1-6-13-14(19-11-7-8-12(9-11)23-4)20-15(21-17(13)24-5)16(22)18-10(2)3/h6,10-12H,1,7-9H2,2-5H3,(H,18,22)(H,19,20,21). The Kier molecular flexibility index (Phi) is 6.62. The van der Waals surface area contributed by atoms with E-state index >= 15 is 0 Å². The first-order valence-electron chi connectivity index (χ1n) is 8.17. The van der Waals surface area contributed by atoms with Crippen molar-refractivity contribution in [2.75, 3.05) is 18.7 Å². The number of carbonyl (C=O) groups is 1. The Hall–Kier alpha value is -1.60. The van der Waals surface area contributed by atoms with Gasteiger partial charge < -0.3 is 15.4 Å². The van der Waals surface area contributed by atoms with Gasteiger partial charge in [0.1, 0.15) is 10.8 Å². The highest BCUT2D eigenvalue weighted by molar-refractivity contribution is 7.98. The Bertz CT molecular complexity index is 606. The zero-order valence-electron chi connectivity index (χ0n) is 14.8. The van der Waals surface area contributed by atoms with Crippen LogP contribution in [-0.4, -0.2) is 47.4 Å². The number of hydrogen-bond acceptors (Lipinski definition) is 6. The molecule has 0 spiro atoms. The van der Waals surface area contributed by atoms with Crippen LogP contribution in [0.25, 0.3) is 6.08 Å². The van der Waals surface area contributed by atoms with Gasteiger partial charge in [-0.2, -0.15) is 0 Å². The molecular formula is C17H26N4O2S. The maximum atomic E-state index is 12.3. The number of hydrogen-bond donors (Lipinski definition) is 2. The summed E-state index contributed by atoms with van der Waals surface area (Å²) in [5.41, 5.74) is 0.837. The Labute approximate surface area is 147 Å². The molecule has 0 aliphatic heterocycles. The van der Waals surface area contributed by atoms with Gasteiger partial charge in [-0.15, -0.1) is 11.8 Å². The van der Waals surface area contributed by atoms with Crippen LogP contribution < -0.4 is 10.6 Å². The summed E-state index contributed by atoms with van der Waals surface area (Å²) in [4.78, 5) is 21.1. The summed E-state index contributed by atoms with van der Waals surface area (Å²) in [6, 6.07) is 0.311. The first-order valence-corrected chi connectivity index (χ1v) is 9.39. The molecule has 1 aliphatic carbocycles. The van der Waals surface area contributed by atoms with Crippen LogP contribution >= 0.6 is 11.8 Å². The lowest BCUT2D eigenvalue weighted by Gasteiger charge is -2.18. The Morgan fingerprint density at radius 2 is 2.17 bits per heavy atom. The lowest BCUT2D eigenvalue weighted by molar-refractivity contribution is 0.0931. The summed E-state index contributed by atoms with van der Waals surface area (Å²) in [6.07, 6.45) is 6.92. The van der Waals surface area contributed by atoms with Crippen LogP contribution in [0.4, 0.5) is 5.82 Å². The van der Waals surface area contributed by atoms with Crippen molar-refractivity contribution < 1.29 is 9.53 Å². The van der Waals surface area contributed by atoms with Crippen LogP contribution in [0.1, 0.15) is 49.3 Å². The number of thioether (sulfide) groups is 1. The Morgan fingerprint density at radius 1 is 1.42 bits per heavy atom. The largest absolute Gasteiger partial charge is 0.381 e. The number of carbonyl (C=O) groups excluding carboxylic acids is 1. The van der Waals surface area contributed by atoms with Crippen LogP contribution in [0.2, 0.25) is 0 Å². The average molecular weight is 350 g/mol. The molecule has 2 unspecified atom stereocenters. The smallest absolute Gasteiger partial charge is 0.289 e. The molecular weight excluding hydrogens is 324 g/mol. The van der Waals surface area contributed by atoms with Gasteiger partial charge in [-0.3, -0.25) is 4.79 Å². The predicted molar refractivity (Wildman–Crippen MR) is 98.6 cm³/mol. The van der Waals surface area contributed by atoms with E-state index in [4.69, 9.17) is 4.74 Å². The third-order valence-electron chi connectivity index (χ3n) is 3.99. The molecule has 2 N–H and O–H groups in total. The fourth-order valence-electron chi connectivity index (χ4n) is 2.81. The van der Waals surface area contributed by atoms with Gasteiger partial charge in [-0.1, -0.05) is 12.7 Å². The van der Waals surface area contributed by atoms with E-state index in [2.05, 4.69) is 27.2 Å². The number of nitrogens with zero attached hydrogens (tertiary/aromatic N) is 2. The molecule has 1 aromatic heterocycles. The van der Waals surface area contributed by atoms with Gasteiger partial charge >= 0.3 is 0 Å². The molecule has 0 bridgehead atoms. The molecule has 24 heavy (non-hydrogen) atoms. The minimum absolute atomic E-state index is 0.0339. The van der Waals surface area contributed by atoms with Gasteiger partial charge in [-0.05, 0) is 39.4 Å². The fraction of sp³-hybridized carbons (Fsp3) is 0.588. The van der Waals surface area contributed by atoms with E-state index in [0.29, 0.717) is 5.82 Å². The van der Waals surface area contributed by atoms with Gasteiger partial charge in [0.05, 0.1) is 6.10 Å². The van der Waals surface area contributed by atoms with Gasteiger partial charge in [0, 0.05) is 24.8 Å². The molecule has 1 aromatic rings. The summed E-state index contributed by atoms with van der Waals surface area (Å²) < 4.78 is 5.43. The molecule has 1 amide bonds. The summed E-state index contributed by atoms with van der Waals surface area (Å²) >= 11 is 1.48. The Balaban J connectivity index is 2.30. The van der Waals surface area contributed by atoms with Crippen molar-refractivity contribution in [2.45, 2.75) is 56.3 Å². The molecule has 1 aliphatic rings. The van der Waals surface area contributed by atoms with Crippen LogP contribution in [-0.2, 0) is 4.74 Å². The van der Waals surface area contributed by atoms with E-state index < -0.39 is 0 Å². The maximum absolute atomic E-state index is 12.3. The fourth-order valence-corrected chi connectivity index (χ4v) is 3.38. The van der Waals surface area contributed by atoms with E-state index in [9.17, 15) is 4.79 Å². The summed E-state index contributed by atoms with van der Waals surface area (Å²) in [5.74, 6) is 0.586. The van der Waals surface area contributed by atoms with Gasteiger partial charge in [0.2, 0.25) is 5.82 Å². The van der Waals surface area contributed by atoms with Crippen LogP contribution in [0.5, 0.6) is 0 Å². The summed E-state index contributed by atoms with van der Waals surface area (Å²) in [6.45, 7) is 7.69. The van der Waals surface area contributed by atoms with E-state index in [-0.39, 0.29) is 29.9 Å². The number of aromatic nitrogens is 2. The SMILES string of the molecule is C=Cc1c(NC2CCC(OC)C2)nc(C(=O)NC(C)C)nc1SC. The lowest BCUT2D eigenvalue weighted by atomic mass is 10.2. The van der Waals surface area contributed by atoms with E-state index in [1.165, 1.54) is 11.8 Å². The zero-order valence-corrected chi connectivity index (χ0v) is 15.6. The summed E-state index contributed by atoms with van der Waals surface area (Å²) in [5, 5.41) is 7.04. The molecule has 7 heteroatoms. The van der Waals surface area contributed by atoms with Crippen molar-refractivity contribution in [1.29, 1.82) is 0 Å². The summed E-state index contributed by atoms with van der Waals surface area (Å²) in [7, 11) is 1.74. The highest BCUT2D eigenvalue weighted by Gasteiger charge is 2.26. The predicted octanol–water partition coefficient (Wildman–Crippen LogP) is 2.96. The highest BCUT2D eigenvalue weighted by atomic mass is 32.2. The quantitative estimate of drug-likeness (QED) is 0.582. The van der Waals surface area contributed by atoms with Crippen molar-refractivity contribution in [3.8, 4) is 0 Å². The molecule has 132 valence electrons. The third kappa shape index (κ3) is 4.48. The van der Waals surface area contributed by atoms with E-state index in [1.807, 2.05) is 20.1 Å². The molecule has 1 fully saturated rings. The molecule has 2 atom stereocenters. The molecule has 1 saturated carbocycles. The van der Waals surface area contributed by atoms with Crippen LogP contribution in [0, 0.1) is 0 Å². The van der Waals surface area contributed by atoms with Crippen molar-refractivity contribution in [3.63, 3.8) is 0 Å². The zero-order chi connectivity index (χ0) is 17.7. The number of rotatable bonds is 7. The molecule has 6 nitrogen and oxygen atoms in total. The Morgan fingerprint density at radius 3 is 2.71 bits per heavy atom. The van der Waals surface area contributed by atoms with Crippen molar-refractivity contribution in [3.05, 3.63) is 18.0 Å². The maximum Gasteiger partial charge on any atom is 0.289 e. The second kappa shape index (κ2) is 8.48. The molecule has 0 aromatic carbocycles.